The number of hydrogen-bond donors (Lipinski definition) is 3. The highest BCUT2D eigenvalue weighted by atomic mass is 79.9. The van der Waals surface area contributed by atoms with Crippen LogP contribution >= 0.6 is 15.9 Å². The molecule has 0 bridgehead atoms. The predicted molar refractivity (Wildman–Crippen MR) is 127 cm³/mol. The predicted octanol–water partition coefficient (Wildman–Crippen LogP) is 2.81. The van der Waals surface area contributed by atoms with E-state index in [4.69, 9.17) is 5.14 Å². The molecule has 2 heterocycles. The zero-order valence-corrected chi connectivity index (χ0v) is 19.3. The Hall–Kier alpha value is -3.54. The average Bonchev–Trinajstić information content (AvgIpc) is 2.78. The second-order valence-corrected chi connectivity index (χ2v) is 9.56. The Labute approximate surface area is 196 Å². The number of hydrogen-bond acceptors (Lipinski definition) is 6. The molecule has 0 radical (unpaired) electrons. The van der Waals surface area contributed by atoms with E-state index < -0.39 is 32.8 Å². The Balaban J connectivity index is 1.87. The number of nitrogens with zero attached hydrogens (tertiary/aromatic N) is 2. The molecule has 0 atom stereocenters. The second kappa shape index (κ2) is 8.77. The molecular formula is C22H17BrN4O5S. The number of carbonyl (C=O) groups is 1. The number of aromatic nitrogens is 2. The molecule has 168 valence electrons. The quantitative estimate of drug-likeness (QED) is 0.363. The zero-order valence-electron chi connectivity index (χ0n) is 16.9. The summed E-state index contributed by atoms with van der Waals surface area (Å²) < 4.78 is 25.7. The number of halogens is 1. The Morgan fingerprint density at radius 2 is 1.85 bits per heavy atom. The van der Waals surface area contributed by atoms with E-state index in [0.717, 1.165) is 5.56 Å². The fraction of sp³-hybridized carbons (Fsp3) is 0.0455. The van der Waals surface area contributed by atoms with Gasteiger partial charge in [0, 0.05) is 10.7 Å². The Morgan fingerprint density at radius 1 is 1.12 bits per heavy atom. The van der Waals surface area contributed by atoms with Gasteiger partial charge in [0.2, 0.25) is 10.0 Å². The molecule has 9 nitrogen and oxygen atoms in total. The fourth-order valence-electron chi connectivity index (χ4n) is 3.41. The third-order valence-electron chi connectivity index (χ3n) is 4.91. The molecule has 33 heavy (non-hydrogen) atoms. The molecule has 11 heteroatoms. The van der Waals surface area contributed by atoms with Gasteiger partial charge in [0.05, 0.1) is 17.7 Å². The number of pyridine rings is 2. The molecule has 1 amide bonds. The lowest BCUT2D eigenvalue weighted by molar-refractivity contribution is 0.102. The lowest BCUT2D eigenvalue weighted by atomic mass is 10.1. The molecule has 0 aliphatic carbocycles. The van der Waals surface area contributed by atoms with Crippen LogP contribution in [0.5, 0.6) is 5.75 Å². The van der Waals surface area contributed by atoms with Crippen LogP contribution in [0.4, 0.5) is 5.69 Å². The van der Waals surface area contributed by atoms with Crippen LogP contribution in [0.25, 0.3) is 11.0 Å². The number of benzene rings is 2. The van der Waals surface area contributed by atoms with E-state index >= 15 is 0 Å². The highest BCUT2D eigenvalue weighted by molar-refractivity contribution is 9.10. The summed E-state index contributed by atoms with van der Waals surface area (Å²) in [5.74, 6) is -1.61. The van der Waals surface area contributed by atoms with Gasteiger partial charge < -0.3 is 15.0 Å². The van der Waals surface area contributed by atoms with E-state index in [1.165, 1.54) is 29.0 Å². The van der Waals surface area contributed by atoms with Crippen molar-refractivity contribution in [3.8, 4) is 5.75 Å². The van der Waals surface area contributed by atoms with Crippen molar-refractivity contribution in [3.05, 3.63) is 92.8 Å². The summed E-state index contributed by atoms with van der Waals surface area (Å²) in [5, 5.41) is 18.4. The molecule has 4 rings (SSSR count). The summed E-state index contributed by atoms with van der Waals surface area (Å²) in [6.45, 7) is 0.128. The van der Waals surface area contributed by atoms with Crippen LogP contribution < -0.4 is 16.0 Å². The van der Waals surface area contributed by atoms with Gasteiger partial charge in [-0.05, 0) is 35.9 Å². The van der Waals surface area contributed by atoms with E-state index in [1.807, 2.05) is 30.3 Å². The molecule has 0 saturated carbocycles. The molecule has 0 unspecified atom stereocenters. The summed E-state index contributed by atoms with van der Waals surface area (Å²) in [7, 11) is -4.19. The number of rotatable bonds is 5. The number of anilines is 1. The molecule has 4 N–H and O–H groups in total. The van der Waals surface area contributed by atoms with Gasteiger partial charge in [-0.1, -0.05) is 46.3 Å². The lowest BCUT2D eigenvalue weighted by Crippen LogP contribution is -2.30. The van der Waals surface area contributed by atoms with E-state index in [9.17, 15) is 23.1 Å². The van der Waals surface area contributed by atoms with Crippen LogP contribution in [0, 0.1) is 0 Å². The van der Waals surface area contributed by atoms with Gasteiger partial charge in [-0.15, -0.1) is 0 Å². The van der Waals surface area contributed by atoms with Gasteiger partial charge in [-0.25, -0.2) is 13.6 Å². The van der Waals surface area contributed by atoms with E-state index in [-0.39, 0.29) is 22.6 Å². The van der Waals surface area contributed by atoms with Gasteiger partial charge in [0.25, 0.3) is 11.5 Å². The number of nitrogens with two attached hydrogens (primary N) is 1. The molecule has 2 aromatic heterocycles. The van der Waals surface area contributed by atoms with E-state index in [0.29, 0.717) is 9.99 Å². The van der Waals surface area contributed by atoms with Crippen molar-refractivity contribution in [1.29, 1.82) is 0 Å². The molecule has 0 spiro atoms. The van der Waals surface area contributed by atoms with Crippen LogP contribution in [0.3, 0.4) is 0 Å². The molecular weight excluding hydrogens is 512 g/mol. The Bertz CT molecular complexity index is 1550. The molecule has 0 aliphatic rings. The van der Waals surface area contributed by atoms with Gasteiger partial charge in [-0.2, -0.15) is 0 Å². The smallest absolute Gasteiger partial charge is 0.268 e. The SMILES string of the molecule is NS(=O)(=O)c1cc(Br)ccc1NC(=O)c1c(O)c2ncccc2n(Cc2ccccc2)c1=O. The van der Waals surface area contributed by atoms with Crippen molar-refractivity contribution in [3.63, 3.8) is 0 Å². The van der Waals surface area contributed by atoms with E-state index in [2.05, 4.69) is 26.2 Å². The summed E-state index contributed by atoms with van der Waals surface area (Å²) in [6.07, 6.45) is 1.43. The first-order chi connectivity index (χ1) is 15.7. The number of amides is 1. The summed E-state index contributed by atoms with van der Waals surface area (Å²) in [5.41, 5.74) is -0.273. The third kappa shape index (κ3) is 4.51. The minimum absolute atomic E-state index is 0.0562. The highest BCUT2D eigenvalue weighted by Crippen LogP contribution is 2.28. The normalized spacial score (nSPS) is 11.5. The number of carbonyl (C=O) groups excluding carboxylic acids is 1. The summed E-state index contributed by atoms with van der Waals surface area (Å²) >= 11 is 3.16. The van der Waals surface area contributed by atoms with Gasteiger partial charge >= 0.3 is 0 Å². The maximum absolute atomic E-state index is 13.3. The second-order valence-electron chi connectivity index (χ2n) is 7.11. The lowest BCUT2D eigenvalue weighted by Gasteiger charge is -2.15. The number of aromatic hydroxyl groups is 1. The fourth-order valence-corrected chi connectivity index (χ4v) is 4.64. The van der Waals surface area contributed by atoms with Crippen molar-refractivity contribution in [1.82, 2.24) is 9.55 Å². The summed E-state index contributed by atoms with van der Waals surface area (Å²) in [4.78, 5) is 30.2. The minimum Gasteiger partial charge on any atom is -0.505 e. The Morgan fingerprint density at radius 3 is 2.55 bits per heavy atom. The third-order valence-corrected chi connectivity index (χ3v) is 6.35. The molecule has 0 fully saturated rings. The monoisotopic (exact) mass is 528 g/mol. The van der Waals surface area contributed by atoms with Crippen molar-refractivity contribution in [2.75, 3.05) is 5.32 Å². The topological polar surface area (TPSA) is 144 Å². The number of primary sulfonamides is 1. The average molecular weight is 529 g/mol. The maximum atomic E-state index is 13.3. The van der Waals surface area contributed by atoms with Crippen molar-refractivity contribution in [2.24, 2.45) is 5.14 Å². The maximum Gasteiger partial charge on any atom is 0.268 e. The van der Waals surface area contributed by atoms with Crippen LogP contribution in [0.15, 0.2) is 81.0 Å². The number of fused-ring (bicyclic) bond motifs is 1. The van der Waals surface area contributed by atoms with Crippen LogP contribution in [-0.2, 0) is 16.6 Å². The van der Waals surface area contributed by atoms with Crippen LogP contribution in [0.2, 0.25) is 0 Å². The zero-order chi connectivity index (χ0) is 23.8. The molecule has 4 aromatic rings. The molecule has 2 aromatic carbocycles. The first kappa shape index (κ1) is 22.6. The Kier molecular flexibility index (Phi) is 6.02. The van der Waals surface area contributed by atoms with Gasteiger partial charge in [-0.3, -0.25) is 14.6 Å². The number of nitrogens with one attached hydrogen (secondary N) is 1. The van der Waals surface area contributed by atoms with Crippen molar-refractivity contribution >= 4 is 48.6 Å². The molecule has 0 saturated heterocycles. The number of sulfonamides is 1. The molecule has 0 aliphatic heterocycles. The van der Waals surface area contributed by atoms with Crippen LogP contribution in [0.1, 0.15) is 15.9 Å². The first-order valence-corrected chi connectivity index (χ1v) is 11.9. The van der Waals surface area contributed by atoms with Gasteiger partial charge in [0.15, 0.2) is 5.75 Å². The van der Waals surface area contributed by atoms with Gasteiger partial charge in [0.1, 0.15) is 16.0 Å². The van der Waals surface area contributed by atoms with E-state index in [1.54, 1.807) is 12.1 Å². The van der Waals surface area contributed by atoms with Crippen molar-refractivity contribution in [2.45, 2.75) is 11.4 Å². The standard InChI is InChI=1S/C22H17BrN4O5S/c23-14-8-9-15(17(11-14)33(24,31)32)26-21(29)18-20(28)19-16(7-4-10-25-19)27(22(18)30)12-13-5-2-1-3-6-13/h1-11,28H,12H2,(H,26,29)(H2,24,31,32). The first-order valence-electron chi connectivity index (χ1n) is 9.55. The minimum atomic E-state index is -4.19. The summed E-state index contributed by atoms with van der Waals surface area (Å²) in [6, 6.07) is 16.4. The largest absolute Gasteiger partial charge is 0.505 e. The van der Waals surface area contributed by atoms with Crippen LogP contribution in [-0.4, -0.2) is 29.0 Å². The van der Waals surface area contributed by atoms with Crippen molar-refractivity contribution < 1.29 is 18.3 Å². The highest BCUT2D eigenvalue weighted by Gasteiger charge is 2.25.